The largest absolute Gasteiger partial charge is 0.335 e. The fourth-order valence-corrected chi connectivity index (χ4v) is 2.65. The monoisotopic (exact) mass is 276 g/mol. The third kappa shape index (κ3) is 3.37. The van der Waals surface area contributed by atoms with Crippen LogP contribution in [0.15, 0.2) is 24.3 Å². The van der Waals surface area contributed by atoms with Gasteiger partial charge in [-0.3, -0.25) is 4.79 Å². The maximum absolute atomic E-state index is 13.2. The minimum atomic E-state index is -0.250. The van der Waals surface area contributed by atoms with Crippen LogP contribution >= 0.6 is 0 Å². The van der Waals surface area contributed by atoms with E-state index in [2.05, 4.69) is 0 Å². The van der Waals surface area contributed by atoms with Gasteiger partial charge in [-0.05, 0) is 49.3 Å². The number of nitrogens with two attached hydrogens (primary N) is 1. The molecule has 1 aromatic rings. The molecule has 2 fully saturated rings. The Morgan fingerprint density at radius 3 is 2.70 bits per heavy atom. The highest BCUT2D eigenvalue weighted by atomic mass is 19.1. The van der Waals surface area contributed by atoms with Crippen molar-refractivity contribution in [3.8, 4) is 0 Å². The molecule has 1 unspecified atom stereocenters. The Morgan fingerprint density at radius 1 is 1.35 bits per heavy atom. The van der Waals surface area contributed by atoms with Crippen molar-refractivity contribution in [2.24, 2.45) is 11.7 Å². The number of rotatable bonds is 6. The Bertz CT molecular complexity index is 497. The van der Waals surface area contributed by atoms with Gasteiger partial charge in [-0.15, -0.1) is 0 Å². The number of carbonyl (C=O) groups is 1. The van der Waals surface area contributed by atoms with Gasteiger partial charge in [0.05, 0.1) is 0 Å². The van der Waals surface area contributed by atoms with Crippen molar-refractivity contribution in [3.05, 3.63) is 35.6 Å². The number of amides is 1. The molecule has 108 valence electrons. The van der Waals surface area contributed by atoms with E-state index in [4.69, 9.17) is 5.73 Å². The minimum Gasteiger partial charge on any atom is -0.335 e. The lowest BCUT2D eigenvalue weighted by molar-refractivity contribution is -0.132. The summed E-state index contributed by atoms with van der Waals surface area (Å²) in [6.07, 6.45) is 4.85. The van der Waals surface area contributed by atoms with Gasteiger partial charge in [-0.1, -0.05) is 12.1 Å². The molecule has 0 aromatic heterocycles. The van der Waals surface area contributed by atoms with E-state index in [0.29, 0.717) is 24.9 Å². The topological polar surface area (TPSA) is 46.3 Å². The van der Waals surface area contributed by atoms with E-state index in [1.807, 2.05) is 11.0 Å². The zero-order valence-electron chi connectivity index (χ0n) is 11.6. The highest BCUT2D eigenvalue weighted by molar-refractivity contribution is 5.77. The lowest BCUT2D eigenvalue weighted by atomic mass is 10.1. The summed E-state index contributed by atoms with van der Waals surface area (Å²) < 4.78 is 13.2. The zero-order valence-corrected chi connectivity index (χ0v) is 11.6. The molecule has 2 N–H and O–H groups in total. The minimum absolute atomic E-state index is 0.00346. The van der Waals surface area contributed by atoms with Crippen molar-refractivity contribution in [1.29, 1.82) is 0 Å². The highest BCUT2D eigenvalue weighted by Gasteiger charge is 2.36. The van der Waals surface area contributed by atoms with Crippen molar-refractivity contribution in [2.75, 3.05) is 0 Å². The summed E-state index contributed by atoms with van der Waals surface area (Å²) in [6, 6.07) is 6.82. The molecule has 0 saturated heterocycles. The van der Waals surface area contributed by atoms with Crippen molar-refractivity contribution >= 4 is 5.91 Å². The standard InChI is InChI=1S/C16H21FN2O/c17-13-3-1-2-11(8-13)10-19(14-6-7-14)16(20)9-15(18)12-4-5-12/h1-3,8,12,14-15H,4-7,9-10,18H2. The molecule has 0 bridgehead atoms. The number of hydrogen-bond acceptors (Lipinski definition) is 2. The Labute approximate surface area is 118 Å². The van der Waals surface area contributed by atoms with E-state index < -0.39 is 0 Å². The molecule has 0 aliphatic heterocycles. The van der Waals surface area contributed by atoms with Crippen LogP contribution in [0, 0.1) is 11.7 Å². The second kappa shape index (κ2) is 5.52. The molecule has 2 aliphatic carbocycles. The van der Waals surface area contributed by atoms with E-state index >= 15 is 0 Å². The van der Waals surface area contributed by atoms with E-state index in [1.165, 1.54) is 12.1 Å². The van der Waals surface area contributed by atoms with Crippen LogP contribution in [0.2, 0.25) is 0 Å². The predicted octanol–water partition coefficient (Wildman–Crippen LogP) is 2.44. The van der Waals surface area contributed by atoms with Crippen LogP contribution in [0.1, 0.15) is 37.7 Å². The van der Waals surface area contributed by atoms with Crippen LogP contribution in [0.4, 0.5) is 4.39 Å². The quantitative estimate of drug-likeness (QED) is 0.867. The molecule has 3 nitrogen and oxygen atoms in total. The summed E-state index contributed by atoms with van der Waals surface area (Å²) in [5.74, 6) is 0.408. The second-order valence-electron chi connectivity index (χ2n) is 6.09. The highest BCUT2D eigenvalue weighted by Crippen LogP contribution is 2.34. The van der Waals surface area contributed by atoms with Gasteiger partial charge >= 0.3 is 0 Å². The van der Waals surface area contributed by atoms with Crippen molar-refractivity contribution in [3.63, 3.8) is 0 Å². The van der Waals surface area contributed by atoms with Gasteiger partial charge in [0.15, 0.2) is 0 Å². The Hall–Kier alpha value is -1.42. The average Bonchev–Trinajstić information content (AvgIpc) is 3.29. The lowest BCUT2D eigenvalue weighted by Crippen LogP contribution is -2.37. The first-order chi connectivity index (χ1) is 9.63. The molecule has 0 spiro atoms. The van der Waals surface area contributed by atoms with Crippen molar-refractivity contribution in [2.45, 2.75) is 50.7 Å². The van der Waals surface area contributed by atoms with Gasteiger partial charge in [-0.25, -0.2) is 4.39 Å². The van der Waals surface area contributed by atoms with Crippen LogP contribution in [0.25, 0.3) is 0 Å². The van der Waals surface area contributed by atoms with Gasteiger partial charge in [-0.2, -0.15) is 0 Å². The molecule has 1 amide bonds. The lowest BCUT2D eigenvalue weighted by Gasteiger charge is -2.24. The van der Waals surface area contributed by atoms with E-state index in [-0.39, 0.29) is 17.8 Å². The molecular formula is C16H21FN2O. The van der Waals surface area contributed by atoms with Crippen molar-refractivity contribution in [1.82, 2.24) is 4.90 Å². The molecule has 1 aromatic carbocycles. The Morgan fingerprint density at radius 2 is 2.10 bits per heavy atom. The van der Waals surface area contributed by atoms with Gasteiger partial charge in [0.2, 0.25) is 5.91 Å². The maximum Gasteiger partial charge on any atom is 0.224 e. The number of halogens is 1. The summed E-state index contributed by atoms with van der Waals surface area (Å²) >= 11 is 0. The van der Waals surface area contributed by atoms with Gasteiger partial charge in [0.25, 0.3) is 0 Å². The Kier molecular flexibility index (Phi) is 3.74. The smallest absolute Gasteiger partial charge is 0.224 e. The molecule has 3 rings (SSSR count). The number of nitrogens with zero attached hydrogens (tertiary/aromatic N) is 1. The molecule has 2 saturated carbocycles. The van der Waals surface area contributed by atoms with E-state index in [0.717, 1.165) is 31.2 Å². The first-order valence-corrected chi connectivity index (χ1v) is 7.43. The molecule has 4 heteroatoms. The number of hydrogen-bond donors (Lipinski definition) is 1. The molecule has 0 radical (unpaired) electrons. The first-order valence-electron chi connectivity index (χ1n) is 7.43. The van der Waals surface area contributed by atoms with Crippen LogP contribution in [-0.4, -0.2) is 22.9 Å². The van der Waals surface area contributed by atoms with E-state index in [9.17, 15) is 9.18 Å². The fourth-order valence-electron chi connectivity index (χ4n) is 2.65. The SMILES string of the molecule is NC(CC(=O)N(Cc1cccc(F)c1)C1CC1)C1CC1. The summed E-state index contributed by atoms with van der Waals surface area (Å²) in [6.45, 7) is 0.499. The summed E-state index contributed by atoms with van der Waals surface area (Å²) in [7, 11) is 0. The zero-order chi connectivity index (χ0) is 14.1. The van der Waals surface area contributed by atoms with Crippen LogP contribution < -0.4 is 5.73 Å². The first kappa shape index (κ1) is 13.6. The van der Waals surface area contributed by atoms with Gasteiger partial charge in [0, 0.05) is 25.0 Å². The third-order valence-corrected chi connectivity index (χ3v) is 4.19. The Balaban J connectivity index is 1.64. The predicted molar refractivity (Wildman–Crippen MR) is 75.3 cm³/mol. The molecule has 0 heterocycles. The van der Waals surface area contributed by atoms with E-state index in [1.54, 1.807) is 6.07 Å². The number of carbonyl (C=O) groups excluding carboxylic acids is 1. The molecule has 20 heavy (non-hydrogen) atoms. The average molecular weight is 276 g/mol. The third-order valence-electron chi connectivity index (χ3n) is 4.19. The summed E-state index contributed by atoms with van der Waals surface area (Å²) in [5.41, 5.74) is 6.90. The second-order valence-corrected chi connectivity index (χ2v) is 6.09. The molecular weight excluding hydrogens is 255 g/mol. The number of benzene rings is 1. The molecule has 2 aliphatic rings. The maximum atomic E-state index is 13.2. The summed E-state index contributed by atoms with van der Waals surface area (Å²) in [5, 5.41) is 0. The van der Waals surface area contributed by atoms with Crippen LogP contribution in [0.5, 0.6) is 0 Å². The van der Waals surface area contributed by atoms with Crippen LogP contribution in [-0.2, 0) is 11.3 Å². The fraction of sp³-hybridized carbons (Fsp3) is 0.562. The van der Waals surface area contributed by atoms with Crippen molar-refractivity contribution < 1.29 is 9.18 Å². The van der Waals surface area contributed by atoms with Gasteiger partial charge < -0.3 is 10.6 Å². The van der Waals surface area contributed by atoms with Crippen LogP contribution in [0.3, 0.4) is 0 Å². The van der Waals surface area contributed by atoms with Gasteiger partial charge in [0.1, 0.15) is 5.82 Å². The summed E-state index contributed by atoms with van der Waals surface area (Å²) in [4.78, 5) is 14.3. The molecule has 1 atom stereocenters. The normalized spacial score (nSPS) is 19.7.